The summed E-state index contributed by atoms with van der Waals surface area (Å²) in [6, 6.07) is 0. The molecule has 0 saturated heterocycles. The summed E-state index contributed by atoms with van der Waals surface area (Å²) in [7, 11) is 0. The van der Waals surface area contributed by atoms with E-state index in [2.05, 4.69) is 20.8 Å². The molecule has 4 aliphatic rings. The van der Waals surface area contributed by atoms with Crippen LogP contribution in [0.3, 0.4) is 0 Å². The van der Waals surface area contributed by atoms with Gasteiger partial charge in [-0.3, -0.25) is 14.9 Å². The van der Waals surface area contributed by atoms with Gasteiger partial charge in [-0.2, -0.15) is 0 Å². The second kappa shape index (κ2) is 5.38. The zero-order valence-electron chi connectivity index (χ0n) is 15.5. The number of fused-ring (bicyclic) bond motifs is 5. The summed E-state index contributed by atoms with van der Waals surface area (Å²) in [4.78, 5) is 23.4. The second-order valence-electron chi connectivity index (χ2n) is 9.53. The predicted molar refractivity (Wildman–Crippen MR) is 93.2 cm³/mol. The fourth-order valence-electron chi connectivity index (χ4n) is 7.19. The Balaban J connectivity index is 1.80. The second-order valence-corrected chi connectivity index (χ2v) is 9.53. The Hall–Kier alpha value is -1.23. The van der Waals surface area contributed by atoms with E-state index in [4.69, 9.17) is 0 Å². The first-order chi connectivity index (χ1) is 11.7. The van der Waals surface area contributed by atoms with E-state index in [1.807, 2.05) is 0 Å². The van der Waals surface area contributed by atoms with Crippen LogP contribution in [-0.4, -0.2) is 21.9 Å². The van der Waals surface area contributed by atoms with Crippen molar-refractivity contribution in [3.63, 3.8) is 0 Å². The van der Waals surface area contributed by atoms with Crippen molar-refractivity contribution in [3.05, 3.63) is 21.4 Å². The summed E-state index contributed by atoms with van der Waals surface area (Å²) in [5.74, 6) is 1.47. The first kappa shape index (κ1) is 17.2. The van der Waals surface area contributed by atoms with E-state index in [-0.39, 0.29) is 28.4 Å². The molecule has 5 nitrogen and oxygen atoms in total. The van der Waals surface area contributed by atoms with Crippen LogP contribution < -0.4 is 0 Å². The number of Topliss-reactive ketones (excluding diaryl/α,β-unsaturated/α-hetero) is 1. The molecule has 1 N–H and O–H groups in total. The molecule has 0 amide bonds. The molecule has 4 aliphatic carbocycles. The molecule has 3 fully saturated rings. The number of carbonyl (C=O) groups is 1. The van der Waals surface area contributed by atoms with Gasteiger partial charge in [0.25, 0.3) is 0 Å². The van der Waals surface area contributed by atoms with Crippen molar-refractivity contribution >= 4 is 5.78 Å². The van der Waals surface area contributed by atoms with Crippen molar-refractivity contribution in [1.82, 2.24) is 0 Å². The van der Waals surface area contributed by atoms with Gasteiger partial charge in [0.15, 0.2) is 0 Å². The highest BCUT2D eigenvalue weighted by molar-refractivity contribution is 5.95. The van der Waals surface area contributed by atoms with Crippen molar-refractivity contribution in [1.29, 1.82) is 0 Å². The van der Waals surface area contributed by atoms with Crippen molar-refractivity contribution in [2.24, 2.45) is 34.5 Å². The molecule has 0 radical (unpaired) electrons. The van der Waals surface area contributed by atoms with Gasteiger partial charge < -0.3 is 5.11 Å². The van der Waals surface area contributed by atoms with Crippen LogP contribution in [0.2, 0.25) is 0 Å². The molecule has 138 valence electrons. The number of hydrogen-bond acceptors (Lipinski definition) is 4. The highest BCUT2D eigenvalue weighted by Crippen LogP contribution is 2.67. The number of aliphatic hydroxyl groups is 1. The maximum atomic E-state index is 12.2. The quantitative estimate of drug-likeness (QED) is 0.579. The van der Waals surface area contributed by atoms with Gasteiger partial charge in [-0.25, -0.2) is 0 Å². The van der Waals surface area contributed by atoms with Gasteiger partial charge >= 0.3 is 5.70 Å². The molecular formula is C20H29NO4. The monoisotopic (exact) mass is 347 g/mol. The van der Waals surface area contributed by atoms with E-state index in [0.717, 1.165) is 37.7 Å². The molecule has 7 atom stereocenters. The Morgan fingerprint density at radius 3 is 2.56 bits per heavy atom. The molecule has 0 heterocycles. The van der Waals surface area contributed by atoms with Gasteiger partial charge in [-0.15, -0.1) is 0 Å². The minimum atomic E-state index is -0.422. The number of nitrogens with zero attached hydrogens (tertiary/aromatic N) is 1. The maximum Gasteiger partial charge on any atom is 0.311 e. The standard InChI is InChI=1S/C20H29NO4/c1-11-10-14-18(21(24)25)15(22)7-9-19(14,2)13-6-8-20(3)12(17(11)13)4-5-16(20)23/h11-13,16-17,23H,4-10H2,1-3H3/t11-,12+,13+,16+,17+,19-,20+/m1/s1. The van der Waals surface area contributed by atoms with Crippen LogP contribution in [0.25, 0.3) is 0 Å². The molecular weight excluding hydrogens is 318 g/mol. The average molecular weight is 347 g/mol. The summed E-state index contributed by atoms with van der Waals surface area (Å²) >= 11 is 0. The van der Waals surface area contributed by atoms with Gasteiger partial charge in [-0.1, -0.05) is 20.8 Å². The third kappa shape index (κ3) is 2.14. The van der Waals surface area contributed by atoms with E-state index in [0.29, 0.717) is 36.5 Å². The van der Waals surface area contributed by atoms with Gasteiger partial charge in [0.05, 0.1) is 11.0 Å². The van der Waals surface area contributed by atoms with Gasteiger partial charge in [0.2, 0.25) is 5.78 Å². The molecule has 0 aromatic carbocycles. The van der Waals surface area contributed by atoms with Crippen molar-refractivity contribution in [2.75, 3.05) is 0 Å². The lowest BCUT2D eigenvalue weighted by atomic mass is 9.45. The normalized spacial score (nSPS) is 49.4. The van der Waals surface area contributed by atoms with Crippen LogP contribution in [0, 0.1) is 44.6 Å². The summed E-state index contributed by atoms with van der Waals surface area (Å²) < 4.78 is 0. The third-order valence-corrected chi connectivity index (χ3v) is 8.58. The van der Waals surface area contributed by atoms with E-state index < -0.39 is 4.92 Å². The van der Waals surface area contributed by atoms with Crippen molar-refractivity contribution < 1.29 is 14.8 Å². The molecule has 4 rings (SSSR count). The van der Waals surface area contributed by atoms with Crippen LogP contribution in [0.1, 0.15) is 65.7 Å². The van der Waals surface area contributed by atoms with E-state index in [1.165, 1.54) is 0 Å². The first-order valence-electron chi connectivity index (χ1n) is 9.79. The summed E-state index contributed by atoms with van der Waals surface area (Å²) in [5, 5.41) is 22.2. The minimum Gasteiger partial charge on any atom is -0.393 e. The van der Waals surface area contributed by atoms with Crippen LogP contribution in [0.4, 0.5) is 0 Å². The van der Waals surface area contributed by atoms with E-state index in [1.54, 1.807) is 0 Å². The minimum absolute atomic E-state index is 0.00340. The number of allylic oxidation sites excluding steroid dienone is 1. The predicted octanol–water partition coefficient (Wildman–Crippen LogP) is 3.73. The van der Waals surface area contributed by atoms with Crippen LogP contribution in [-0.2, 0) is 4.79 Å². The number of aliphatic hydroxyl groups excluding tert-OH is 1. The molecule has 0 bridgehead atoms. The summed E-state index contributed by atoms with van der Waals surface area (Å²) in [6.07, 6.45) is 5.47. The zero-order chi connectivity index (χ0) is 18.1. The van der Waals surface area contributed by atoms with E-state index >= 15 is 0 Å². The maximum absolute atomic E-state index is 12.2. The van der Waals surface area contributed by atoms with Crippen molar-refractivity contribution in [2.45, 2.75) is 71.8 Å². The topological polar surface area (TPSA) is 80.4 Å². The Morgan fingerprint density at radius 1 is 1.16 bits per heavy atom. The lowest BCUT2D eigenvalue weighted by Gasteiger charge is -2.59. The highest BCUT2D eigenvalue weighted by Gasteiger charge is 2.62. The number of nitro groups is 1. The molecule has 0 aromatic rings. The number of rotatable bonds is 1. The van der Waals surface area contributed by atoms with Crippen LogP contribution >= 0.6 is 0 Å². The summed E-state index contributed by atoms with van der Waals surface area (Å²) in [6.45, 7) is 6.63. The lowest BCUT2D eigenvalue weighted by molar-refractivity contribution is -0.422. The number of ketones is 1. The smallest absolute Gasteiger partial charge is 0.311 e. The summed E-state index contributed by atoms with van der Waals surface area (Å²) in [5.41, 5.74) is 0.509. The largest absolute Gasteiger partial charge is 0.393 e. The van der Waals surface area contributed by atoms with Gasteiger partial charge in [0.1, 0.15) is 0 Å². The van der Waals surface area contributed by atoms with Crippen LogP contribution in [0.15, 0.2) is 11.3 Å². The fourth-order valence-corrected chi connectivity index (χ4v) is 7.19. The SMILES string of the molecule is C[C@@H]1CC2=C([N+](=O)[O-])C(=O)CC[C@]2(C)[C@H]2CC[C@]3(C)[C@@H](O)CC[C@H]3[C@H]12. The van der Waals surface area contributed by atoms with Crippen molar-refractivity contribution in [3.8, 4) is 0 Å². The first-order valence-corrected chi connectivity index (χ1v) is 9.79. The average Bonchev–Trinajstić information content (AvgIpc) is 2.84. The number of hydrogen-bond donors (Lipinski definition) is 1. The Bertz CT molecular complexity index is 671. The van der Waals surface area contributed by atoms with E-state index in [9.17, 15) is 20.0 Å². The molecule has 0 unspecified atom stereocenters. The lowest BCUT2D eigenvalue weighted by Crippen LogP contribution is -2.54. The molecule has 5 heteroatoms. The third-order valence-electron chi connectivity index (χ3n) is 8.58. The molecule has 0 spiro atoms. The Morgan fingerprint density at radius 2 is 1.88 bits per heavy atom. The highest BCUT2D eigenvalue weighted by atomic mass is 16.6. The Kier molecular flexibility index (Phi) is 3.70. The molecule has 25 heavy (non-hydrogen) atoms. The number of carbonyl (C=O) groups excluding carboxylic acids is 1. The molecule has 0 aromatic heterocycles. The van der Waals surface area contributed by atoms with Crippen LogP contribution in [0.5, 0.6) is 0 Å². The zero-order valence-corrected chi connectivity index (χ0v) is 15.5. The molecule has 3 saturated carbocycles. The van der Waals surface area contributed by atoms with Gasteiger partial charge in [-0.05, 0) is 73.0 Å². The Labute approximate surface area is 149 Å². The van der Waals surface area contributed by atoms with Gasteiger partial charge in [0, 0.05) is 12.0 Å². The fraction of sp³-hybridized carbons (Fsp3) is 0.850. The molecule has 0 aliphatic heterocycles.